The molecule has 2 rings (SSSR count). The fraction of sp³-hybridized carbons (Fsp3) is 0.462. The quantitative estimate of drug-likeness (QED) is 0.405. The first-order valence-corrected chi connectivity index (χ1v) is 11.1. The second kappa shape index (κ2) is 16.0. The van der Waals surface area contributed by atoms with E-state index >= 15 is 0 Å². The molecule has 0 aliphatic rings. The summed E-state index contributed by atoms with van der Waals surface area (Å²) in [6.45, 7) is 8.16. The molecular weight excluding hydrogens is 408 g/mol. The standard InChI is InChI=1S/C12H26O2.2C7H6O2/c1-5-9-11(14)12(7-3,8-4)10(13)6-2;2*8-7(9)6-4-2-1-3-5-6/h10-11,13-14H,5-9H2,1-4H3;2*1-5H,(H,8,9). The van der Waals surface area contributed by atoms with Gasteiger partial charge in [0.05, 0.1) is 23.3 Å². The molecule has 2 atom stereocenters. The third kappa shape index (κ3) is 9.62. The Labute approximate surface area is 191 Å². The average Bonchev–Trinajstić information content (AvgIpc) is 2.82. The molecule has 2 aromatic carbocycles. The summed E-state index contributed by atoms with van der Waals surface area (Å²) in [5.41, 5.74) is 0.375. The van der Waals surface area contributed by atoms with E-state index in [0.29, 0.717) is 11.1 Å². The summed E-state index contributed by atoms with van der Waals surface area (Å²) in [6, 6.07) is 16.6. The number of hydrogen-bond acceptors (Lipinski definition) is 4. The Hall–Kier alpha value is -2.70. The number of aliphatic hydroxyl groups is 2. The van der Waals surface area contributed by atoms with Crippen molar-refractivity contribution in [1.29, 1.82) is 0 Å². The van der Waals surface area contributed by atoms with E-state index in [1.807, 2.05) is 6.92 Å². The van der Waals surface area contributed by atoms with Gasteiger partial charge in [0, 0.05) is 5.41 Å². The Kier molecular flexibility index (Phi) is 14.7. The zero-order valence-electron chi connectivity index (χ0n) is 19.6. The van der Waals surface area contributed by atoms with Crippen molar-refractivity contribution in [3.05, 3.63) is 71.8 Å². The van der Waals surface area contributed by atoms with E-state index in [1.165, 1.54) is 0 Å². The van der Waals surface area contributed by atoms with Crippen molar-refractivity contribution in [3.63, 3.8) is 0 Å². The van der Waals surface area contributed by atoms with Crippen LogP contribution in [0.5, 0.6) is 0 Å². The van der Waals surface area contributed by atoms with Gasteiger partial charge < -0.3 is 20.4 Å². The van der Waals surface area contributed by atoms with Gasteiger partial charge in [-0.3, -0.25) is 0 Å². The van der Waals surface area contributed by atoms with Crippen molar-refractivity contribution < 1.29 is 30.0 Å². The van der Waals surface area contributed by atoms with Crippen LogP contribution in [-0.2, 0) is 0 Å². The highest BCUT2D eigenvalue weighted by Gasteiger charge is 2.39. The van der Waals surface area contributed by atoms with Crippen molar-refractivity contribution in [2.45, 2.75) is 72.0 Å². The maximum atomic E-state index is 10.2. The first-order chi connectivity index (χ1) is 15.2. The van der Waals surface area contributed by atoms with Crippen molar-refractivity contribution >= 4 is 11.9 Å². The third-order valence-electron chi connectivity index (χ3n) is 5.63. The fourth-order valence-corrected chi connectivity index (χ4v) is 3.54. The lowest BCUT2D eigenvalue weighted by Crippen LogP contribution is -2.44. The van der Waals surface area contributed by atoms with E-state index in [-0.39, 0.29) is 17.6 Å². The van der Waals surface area contributed by atoms with Gasteiger partial charge in [0.25, 0.3) is 0 Å². The molecule has 0 bridgehead atoms. The van der Waals surface area contributed by atoms with Crippen molar-refractivity contribution in [2.24, 2.45) is 5.41 Å². The van der Waals surface area contributed by atoms with Gasteiger partial charge in [-0.1, -0.05) is 70.5 Å². The minimum atomic E-state index is -0.879. The molecule has 4 N–H and O–H groups in total. The van der Waals surface area contributed by atoms with Gasteiger partial charge in [0.2, 0.25) is 0 Å². The SMILES string of the molecule is CCCC(O)C(CC)(CC)C(O)CC.O=C(O)c1ccccc1.O=C(O)c1ccccc1. The predicted molar refractivity (Wildman–Crippen MR) is 127 cm³/mol. The van der Waals surface area contributed by atoms with Crippen LogP contribution in [0.15, 0.2) is 60.7 Å². The van der Waals surface area contributed by atoms with E-state index in [2.05, 4.69) is 20.8 Å². The predicted octanol–water partition coefficient (Wildman–Crippen LogP) is 5.49. The Morgan fingerprint density at radius 1 is 0.719 bits per heavy atom. The number of hydrogen-bond donors (Lipinski definition) is 4. The largest absolute Gasteiger partial charge is 0.478 e. The highest BCUT2D eigenvalue weighted by Crippen LogP contribution is 2.37. The van der Waals surface area contributed by atoms with E-state index < -0.39 is 11.9 Å². The number of carbonyl (C=O) groups is 2. The highest BCUT2D eigenvalue weighted by atomic mass is 16.4. The number of carboxylic acids is 2. The molecule has 0 aliphatic heterocycles. The molecule has 0 spiro atoms. The van der Waals surface area contributed by atoms with E-state index in [1.54, 1.807) is 60.7 Å². The van der Waals surface area contributed by atoms with Gasteiger partial charge >= 0.3 is 11.9 Å². The molecule has 6 nitrogen and oxygen atoms in total. The van der Waals surface area contributed by atoms with Crippen molar-refractivity contribution in [2.75, 3.05) is 0 Å². The lowest BCUT2D eigenvalue weighted by atomic mass is 9.70. The van der Waals surface area contributed by atoms with Crippen molar-refractivity contribution in [1.82, 2.24) is 0 Å². The third-order valence-corrected chi connectivity index (χ3v) is 5.63. The van der Waals surface area contributed by atoms with Crippen LogP contribution in [-0.4, -0.2) is 44.6 Å². The van der Waals surface area contributed by atoms with E-state index in [9.17, 15) is 19.8 Å². The number of carboxylic acid groups (broad SMARTS) is 2. The molecule has 0 saturated heterocycles. The molecule has 0 fully saturated rings. The van der Waals surface area contributed by atoms with Crippen LogP contribution in [0.3, 0.4) is 0 Å². The van der Waals surface area contributed by atoms with Gasteiger partial charge in [-0.2, -0.15) is 0 Å². The van der Waals surface area contributed by atoms with Gasteiger partial charge in [0.1, 0.15) is 0 Å². The maximum Gasteiger partial charge on any atom is 0.335 e. The Balaban J connectivity index is 0.000000466. The topological polar surface area (TPSA) is 115 Å². The normalized spacial score (nSPS) is 12.3. The summed E-state index contributed by atoms with van der Waals surface area (Å²) in [4.78, 5) is 20.4. The molecule has 0 aromatic heterocycles. The van der Waals surface area contributed by atoms with Crippen LogP contribution >= 0.6 is 0 Å². The van der Waals surface area contributed by atoms with Crippen LogP contribution in [0.2, 0.25) is 0 Å². The molecule has 6 heteroatoms. The van der Waals surface area contributed by atoms with Gasteiger partial charge in [-0.15, -0.1) is 0 Å². The summed E-state index contributed by atoms with van der Waals surface area (Å²) in [7, 11) is 0. The Morgan fingerprint density at radius 3 is 1.31 bits per heavy atom. The van der Waals surface area contributed by atoms with Gasteiger partial charge in [0.15, 0.2) is 0 Å². The maximum absolute atomic E-state index is 10.2. The Bertz CT molecular complexity index is 707. The van der Waals surface area contributed by atoms with Crippen LogP contribution < -0.4 is 0 Å². The summed E-state index contributed by atoms with van der Waals surface area (Å²) >= 11 is 0. The molecular formula is C26H38O6. The van der Waals surface area contributed by atoms with Crippen LogP contribution in [0.1, 0.15) is 80.5 Å². The Morgan fingerprint density at radius 2 is 1.09 bits per heavy atom. The second-order valence-corrected chi connectivity index (χ2v) is 7.51. The summed E-state index contributed by atoms with van der Waals surface area (Å²) in [5, 5.41) is 36.9. The molecule has 0 saturated carbocycles. The van der Waals surface area contributed by atoms with E-state index in [4.69, 9.17) is 10.2 Å². The molecule has 0 aliphatic carbocycles. The molecule has 2 aromatic rings. The lowest BCUT2D eigenvalue weighted by molar-refractivity contribution is -0.0805. The number of aromatic carboxylic acids is 2. The van der Waals surface area contributed by atoms with Gasteiger partial charge in [-0.25, -0.2) is 9.59 Å². The second-order valence-electron chi connectivity index (χ2n) is 7.51. The zero-order valence-corrected chi connectivity index (χ0v) is 19.6. The number of aliphatic hydroxyl groups excluding tert-OH is 2. The van der Waals surface area contributed by atoms with Crippen molar-refractivity contribution in [3.8, 4) is 0 Å². The molecule has 2 unspecified atom stereocenters. The molecule has 32 heavy (non-hydrogen) atoms. The molecule has 0 heterocycles. The zero-order chi connectivity index (χ0) is 24.6. The summed E-state index contributed by atoms with van der Waals surface area (Å²) < 4.78 is 0. The lowest BCUT2D eigenvalue weighted by Gasteiger charge is -2.40. The number of rotatable bonds is 9. The van der Waals surface area contributed by atoms with Crippen LogP contribution in [0, 0.1) is 5.41 Å². The minimum Gasteiger partial charge on any atom is -0.478 e. The number of benzene rings is 2. The monoisotopic (exact) mass is 446 g/mol. The summed E-state index contributed by atoms with van der Waals surface area (Å²) in [5.74, 6) is -1.76. The smallest absolute Gasteiger partial charge is 0.335 e. The first-order valence-electron chi connectivity index (χ1n) is 11.1. The minimum absolute atomic E-state index is 0.287. The van der Waals surface area contributed by atoms with Gasteiger partial charge in [-0.05, 0) is 49.9 Å². The average molecular weight is 447 g/mol. The first kappa shape index (κ1) is 29.3. The molecule has 0 amide bonds. The van der Waals surface area contributed by atoms with Crippen LogP contribution in [0.4, 0.5) is 0 Å². The van der Waals surface area contributed by atoms with Crippen LogP contribution in [0.25, 0.3) is 0 Å². The molecule has 0 radical (unpaired) electrons. The molecule has 178 valence electrons. The van der Waals surface area contributed by atoms with E-state index in [0.717, 1.165) is 32.1 Å². The fourth-order valence-electron chi connectivity index (χ4n) is 3.54. The summed E-state index contributed by atoms with van der Waals surface area (Å²) in [6.07, 6.45) is 3.44. The highest BCUT2D eigenvalue weighted by molar-refractivity contribution is 5.87.